The summed E-state index contributed by atoms with van der Waals surface area (Å²) in [6.07, 6.45) is 4.94. The van der Waals surface area contributed by atoms with Gasteiger partial charge in [-0.3, -0.25) is 0 Å². The maximum atomic E-state index is 6.41. The molecule has 26 heavy (non-hydrogen) atoms. The fourth-order valence-electron chi connectivity index (χ4n) is 4.24. The van der Waals surface area contributed by atoms with E-state index in [0.29, 0.717) is 5.92 Å². The van der Waals surface area contributed by atoms with Gasteiger partial charge in [-0.2, -0.15) is 0 Å². The van der Waals surface area contributed by atoms with E-state index < -0.39 is 0 Å². The van der Waals surface area contributed by atoms with Crippen LogP contribution in [0.25, 0.3) is 33.0 Å². The van der Waals surface area contributed by atoms with Gasteiger partial charge in [-0.25, -0.2) is 4.57 Å². The molecule has 0 unspecified atom stereocenters. The van der Waals surface area contributed by atoms with E-state index in [1.54, 1.807) is 6.26 Å². The maximum Gasteiger partial charge on any atom is 0.228 e. The molecule has 3 heteroatoms. The van der Waals surface area contributed by atoms with E-state index in [9.17, 15) is 0 Å². The summed E-state index contributed by atoms with van der Waals surface area (Å²) in [6, 6.07) is 10.8. The Kier molecular flexibility index (Phi) is 3.17. The fraction of sp³-hybridized carbons (Fsp3) is 0.261. The molecule has 0 saturated heterocycles. The average Bonchev–Trinajstić information content (AvgIpc) is 3.05. The molecule has 0 atom stereocenters. The first-order chi connectivity index (χ1) is 12.5. The zero-order valence-corrected chi connectivity index (χ0v) is 15.6. The highest BCUT2D eigenvalue weighted by molar-refractivity contribution is 6.04. The van der Waals surface area contributed by atoms with Crippen molar-refractivity contribution in [1.82, 2.24) is 0 Å². The molecule has 0 amide bonds. The zero-order valence-electron chi connectivity index (χ0n) is 15.6. The van der Waals surface area contributed by atoms with Crippen molar-refractivity contribution in [3.05, 3.63) is 53.9 Å². The average molecular weight is 344 g/mol. The minimum atomic E-state index is 0.611. The molecule has 2 aromatic heterocycles. The first kappa shape index (κ1) is 15.4. The monoisotopic (exact) mass is 344 g/mol. The van der Waals surface area contributed by atoms with Crippen molar-refractivity contribution in [3.63, 3.8) is 0 Å². The Morgan fingerprint density at radius 3 is 2.73 bits per heavy atom. The van der Waals surface area contributed by atoms with Crippen LogP contribution in [-0.2, 0) is 13.5 Å². The van der Waals surface area contributed by atoms with E-state index >= 15 is 0 Å². The van der Waals surface area contributed by atoms with Gasteiger partial charge in [0.2, 0.25) is 5.69 Å². The van der Waals surface area contributed by atoms with E-state index in [0.717, 1.165) is 34.5 Å². The van der Waals surface area contributed by atoms with Crippen LogP contribution in [0.3, 0.4) is 0 Å². The normalized spacial score (nSPS) is 12.7. The Balaban J connectivity index is 1.88. The lowest BCUT2D eigenvalue weighted by Gasteiger charge is -2.22. The van der Waals surface area contributed by atoms with Crippen molar-refractivity contribution >= 4 is 21.7 Å². The lowest BCUT2D eigenvalue weighted by atomic mass is 9.92. The number of benzene rings is 2. The summed E-state index contributed by atoms with van der Waals surface area (Å²) in [6.45, 7) is 6.65. The first-order valence-corrected chi connectivity index (χ1v) is 9.17. The maximum absolute atomic E-state index is 6.41. The molecule has 0 radical (unpaired) electrons. The van der Waals surface area contributed by atoms with Gasteiger partial charge in [0.05, 0.1) is 17.2 Å². The Bertz CT molecular complexity index is 1180. The second kappa shape index (κ2) is 5.34. The van der Waals surface area contributed by atoms with Crippen molar-refractivity contribution in [3.8, 4) is 22.8 Å². The third-order valence-electron chi connectivity index (χ3n) is 5.34. The predicted octanol–water partition coefficient (Wildman–Crippen LogP) is 5.69. The van der Waals surface area contributed by atoms with E-state index in [1.165, 1.54) is 27.6 Å². The number of hydrogen-bond donors (Lipinski definition) is 0. The highest BCUT2D eigenvalue weighted by Crippen LogP contribution is 2.48. The van der Waals surface area contributed by atoms with Gasteiger partial charge < -0.3 is 9.15 Å². The third-order valence-corrected chi connectivity index (χ3v) is 5.34. The molecule has 2 aromatic carbocycles. The van der Waals surface area contributed by atoms with Crippen LogP contribution in [0, 0.1) is 12.8 Å². The van der Waals surface area contributed by atoms with Crippen molar-refractivity contribution in [1.29, 1.82) is 0 Å². The smallest absolute Gasteiger partial charge is 0.228 e. The Hall–Kier alpha value is -2.81. The summed E-state index contributed by atoms with van der Waals surface area (Å²) in [5.41, 5.74) is 5.78. The number of fused-ring (bicyclic) bond motifs is 3. The molecule has 0 saturated carbocycles. The number of rotatable bonds is 2. The van der Waals surface area contributed by atoms with Crippen molar-refractivity contribution < 1.29 is 13.7 Å². The number of pyridine rings is 1. The molecule has 3 heterocycles. The molecule has 1 aliphatic rings. The van der Waals surface area contributed by atoms with Crippen LogP contribution in [-0.4, -0.2) is 0 Å². The summed E-state index contributed by atoms with van der Waals surface area (Å²) in [7, 11) is 2.11. The van der Waals surface area contributed by atoms with Crippen LogP contribution in [0.5, 0.6) is 11.5 Å². The van der Waals surface area contributed by atoms with Gasteiger partial charge in [0.25, 0.3) is 0 Å². The molecule has 0 aliphatic carbocycles. The van der Waals surface area contributed by atoms with Crippen LogP contribution in [0.2, 0.25) is 0 Å². The summed E-state index contributed by atoms with van der Waals surface area (Å²) in [5, 5.41) is 3.58. The molecule has 0 N–H and O–H groups in total. The first-order valence-electron chi connectivity index (χ1n) is 9.17. The van der Waals surface area contributed by atoms with Crippen molar-refractivity contribution in [2.75, 3.05) is 0 Å². The molecule has 1 aliphatic heterocycles. The van der Waals surface area contributed by atoms with Gasteiger partial charge in [0.15, 0.2) is 6.20 Å². The summed E-state index contributed by atoms with van der Waals surface area (Å²) >= 11 is 0. The third kappa shape index (κ3) is 2.10. The molecule has 0 bridgehead atoms. The van der Waals surface area contributed by atoms with Gasteiger partial charge in [-0.1, -0.05) is 19.9 Å². The lowest BCUT2D eigenvalue weighted by molar-refractivity contribution is -0.659. The number of furan rings is 1. The Morgan fingerprint density at radius 2 is 1.92 bits per heavy atom. The standard InChI is InChI=1S/C23H22NO2/c1-13(2)9-15-10-16-5-7-24(4)23-21-14(3)17-6-8-25-18(17)12-20(21)26-19(11-15)22(16)23/h5-8,10-13H,9H2,1-4H3/q+1. The van der Waals surface area contributed by atoms with Gasteiger partial charge in [-0.15, -0.1) is 0 Å². The number of hydrogen-bond acceptors (Lipinski definition) is 2. The van der Waals surface area contributed by atoms with Gasteiger partial charge in [0.1, 0.15) is 24.1 Å². The van der Waals surface area contributed by atoms with Crippen molar-refractivity contribution in [2.45, 2.75) is 27.2 Å². The topological polar surface area (TPSA) is 26.2 Å². The number of ether oxygens (including phenoxy) is 1. The predicted molar refractivity (Wildman–Crippen MR) is 104 cm³/mol. The molecule has 130 valence electrons. The van der Waals surface area contributed by atoms with Crippen LogP contribution >= 0.6 is 0 Å². The molecule has 4 aromatic rings. The lowest BCUT2D eigenvalue weighted by Crippen LogP contribution is -2.31. The number of aryl methyl sites for hydroxylation is 2. The molecular formula is C23H22NO2+. The molecule has 0 spiro atoms. The summed E-state index contributed by atoms with van der Waals surface area (Å²) in [5.74, 6) is 2.43. The molecule has 3 nitrogen and oxygen atoms in total. The number of nitrogens with zero attached hydrogens (tertiary/aromatic N) is 1. The van der Waals surface area contributed by atoms with Gasteiger partial charge in [0, 0.05) is 17.5 Å². The fourth-order valence-corrected chi connectivity index (χ4v) is 4.24. The minimum absolute atomic E-state index is 0.611. The van der Waals surface area contributed by atoms with Crippen LogP contribution < -0.4 is 9.30 Å². The van der Waals surface area contributed by atoms with E-state index in [4.69, 9.17) is 9.15 Å². The largest absolute Gasteiger partial charge is 0.464 e. The molecule has 0 fully saturated rings. The molecule has 5 rings (SSSR count). The molecular weight excluding hydrogens is 322 g/mol. The van der Waals surface area contributed by atoms with E-state index in [-0.39, 0.29) is 0 Å². The second-order valence-corrected chi connectivity index (χ2v) is 7.74. The Morgan fingerprint density at radius 1 is 1.08 bits per heavy atom. The van der Waals surface area contributed by atoms with E-state index in [1.807, 2.05) is 12.1 Å². The van der Waals surface area contributed by atoms with Crippen LogP contribution in [0.15, 0.2) is 47.2 Å². The number of aromatic nitrogens is 1. The summed E-state index contributed by atoms with van der Waals surface area (Å²) in [4.78, 5) is 0. The highest BCUT2D eigenvalue weighted by atomic mass is 16.5. The van der Waals surface area contributed by atoms with Crippen LogP contribution in [0.1, 0.15) is 25.0 Å². The van der Waals surface area contributed by atoms with Crippen LogP contribution in [0.4, 0.5) is 0 Å². The van der Waals surface area contributed by atoms with Crippen molar-refractivity contribution in [2.24, 2.45) is 13.0 Å². The second-order valence-electron chi connectivity index (χ2n) is 7.74. The van der Waals surface area contributed by atoms with E-state index in [2.05, 4.69) is 56.8 Å². The van der Waals surface area contributed by atoms with Gasteiger partial charge in [-0.05, 0) is 47.9 Å². The van der Waals surface area contributed by atoms with Gasteiger partial charge >= 0.3 is 0 Å². The SMILES string of the molecule is Cc1c2c(cc3occc13)Oc1cc(CC(C)C)cc3cc[n+](C)c-2c13. The quantitative estimate of drug-likeness (QED) is 0.385. The Labute approximate surface area is 152 Å². The minimum Gasteiger partial charge on any atom is -0.464 e. The summed E-state index contributed by atoms with van der Waals surface area (Å²) < 4.78 is 14.3. The zero-order chi connectivity index (χ0) is 18.0. The highest BCUT2D eigenvalue weighted by Gasteiger charge is 2.30.